The van der Waals surface area contributed by atoms with E-state index >= 15 is 0 Å². The van der Waals surface area contributed by atoms with Crippen LogP contribution in [0.1, 0.15) is 32.8 Å². The molecule has 0 fully saturated rings. The van der Waals surface area contributed by atoms with E-state index in [1.54, 1.807) is 0 Å². The maximum absolute atomic E-state index is 5.83. The Morgan fingerprint density at radius 1 is 1.16 bits per heavy atom. The number of ether oxygens (including phenoxy) is 1. The maximum Gasteiger partial charge on any atom is 0.124 e. The zero-order chi connectivity index (χ0) is 14.3. The predicted octanol–water partition coefficient (Wildman–Crippen LogP) is 2.90. The molecule has 0 aromatic heterocycles. The Balaban J connectivity index is 2.48. The number of para-hydroxylation sites is 1. The molecule has 108 valence electrons. The molecule has 0 aliphatic carbocycles. The molecule has 0 aliphatic rings. The van der Waals surface area contributed by atoms with Crippen LogP contribution >= 0.6 is 0 Å². The molecular weight excluding hydrogens is 236 g/mol. The highest BCUT2D eigenvalue weighted by Crippen LogP contribution is 2.19. The molecule has 0 aliphatic heterocycles. The summed E-state index contributed by atoms with van der Waals surface area (Å²) >= 11 is 0. The third kappa shape index (κ3) is 6.60. The molecule has 0 saturated carbocycles. The minimum atomic E-state index is 0.215. The standard InChI is InChI=1S/C16H28N2O/c1-13(2)19-16-9-7-6-8-15(16)12-17-14(3)10-11-18(4)5/h6-9,13-14,17H,10-12H2,1-5H3. The summed E-state index contributed by atoms with van der Waals surface area (Å²) in [5.41, 5.74) is 1.23. The SMILES string of the molecule is CC(CCN(C)C)NCc1ccccc1OC(C)C. The summed E-state index contributed by atoms with van der Waals surface area (Å²) in [5, 5.41) is 3.56. The summed E-state index contributed by atoms with van der Waals surface area (Å²) in [5.74, 6) is 0.991. The maximum atomic E-state index is 5.83. The van der Waals surface area contributed by atoms with Gasteiger partial charge >= 0.3 is 0 Å². The Kier molecular flexibility index (Phi) is 6.89. The van der Waals surface area contributed by atoms with Gasteiger partial charge in [0.05, 0.1) is 6.10 Å². The summed E-state index contributed by atoms with van der Waals surface area (Å²) in [6.07, 6.45) is 1.37. The Morgan fingerprint density at radius 2 is 1.84 bits per heavy atom. The fourth-order valence-corrected chi connectivity index (χ4v) is 1.86. The molecule has 3 nitrogen and oxygen atoms in total. The third-order valence-electron chi connectivity index (χ3n) is 2.99. The molecule has 1 N–H and O–H groups in total. The normalized spacial score (nSPS) is 13.0. The fraction of sp³-hybridized carbons (Fsp3) is 0.625. The zero-order valence-corrected chi connectivity index (χ0v) is 12.9. The summed E-state index contributed by atoms with van der Waals surface area (Å²) in [4.78, 5) is 2.22. The molecule has 0 saturated heterocycles. The molecule has 19 heavy (non-hydrogen) atoms. The Morgan fingerprint density at radius 3 is 2.47 bits per heavy atom. The molecule has 0 bridgehead atoms. The van der Waals surface area contributed by atoms with Crippen LogP contribution in [0.5, 0.6) is 5.75 Å². The van der Waals surface area contributed by atoms with Crippen LogP contribution in [-0.4, -0.2) is 37.7 Å². The van der Waals surface area contributed by atoms with Gasteiger partial charge < -0.3 is 15.0 Å². The monoisotopic (exact) mass is 264 g/mol. The van der Waals surface area contributed by atoms with Crippen LogP contribution < -0.4 is 10.1 Å². The summed E-state index contributed by atoms with van der Waals surface area (Å²) in [6.45, 7) is 8.32. The highest BCUT2D eigenvalue weighted by molar-refractivity contribution is 5.33. The van der Waals surface area contributed by atoms with Crippen LogP contribution in [0, 0.1) is 0 Å². The fourth-order valence-electron chi connectivity index (χ4n) is 1.86. The van der Waals surface area contributed by atoms with E-state index in [2.05, 4.69) is 57.2 Å². The summed E-state index contributed by atoms with van der Waals surface area (Å²) in [6, 6.07) is 8.77. The van der Waals surface area contributed by atoms with Crippen LogP contribution in [-0.2, 0) is 6.54 Å². The molecule has 1 aromatic carbocycles. The van der Waals surface area contributed by atoms with Crippen LogP contribution in [0.4, 0.5) is 0 Å². The lowest BCUT2D eigenvalue weighted by Gasteiger charge is -2.19. The number of hydrogen-bond donors (Lipinski definition) is 1. The van der Waals surface area contributed by atoms with Crippen molar-refractivity contribution in [2.24, 2.45) is 0 Å². The van der Waals surface area contributed by atoms with Crippen molar-refractivity contribution >= 4 is 0 Å². The van der Waals surface area contributed by atoms with E-state index in [9.17, 15) is 0 Å². The molecule has 1 aromatic rings. The molecular formula is C16H28N2O. The van der Waals surface area contributed by atoms with E-state index in [1.165, 1.54) is 5.56 Å². The summed E-state index contributed by atoms with van der Waals surface area (Å²) < 4.78 is 5.83. The van der Waals surface area contributed by atoms with Gasteiger partial charge in [0.1, 0.15) is 5.75 Å². The molecule has 0 amide bonds. The van der Waals surface area contributed by atoms with Crippen LogP contribution in [0.25, 0.3) is 0 Å². The first-order chi connectivity index (χ1) is 8.99. The van der Waals surface area contributed by atoms with Crippen molar-refractivity contribution in [2.75, 3.05) is 20.6 Å². The molecule has 1 unspecified atom stereocenters. The van der Waals surface area contributed by atoms with E-state index in [4.69, 9.17) is 4.74 Å². The van der Waals surface area contributed by atoms with Crippen LogP contribution in [0.2, 0.25) is 0 Å². The van der Waals surface area contributed by atoms with Gasteiger partial charge in [0.2, 0.25) is 0 Å². The molecule has 1 atom stereocenters. The van der Waals surface area contributed by atoms with Gasteiger partial charge in [-0.15, -0.1) is 0 Å². The zero-order valence-electron chi connectivity index (χ0n) is 12.9. The van der Waals surface area contributed by atoms with Gasteiger partial charge in [-0.05, 0) is 53.9 Å². The quantitative estimate of drug-likeness (QED) is 0.781. The molecule has 1 rings (SSSR count). The van der Waals surface area contributed by atoms with E-state index in [-0.39, 0.29) is 6.10 Å². The van der Waals surface area contributed by atoms with Gasteiger partial charge in [0.25, 0.3) is 0 Å². The highest BCUT2D eigenvalue weighted by Gasteiger charge is 2.07. The second-order valence-corrected chi connectivity index (χ2v) is 5.65. The minimum absolute atomic E-state index is 0.215. The van der Waals surface area contributed by atoms with Gasteiger partial charge in [-0.2, -0.15) is 0 Å². The third-order valence-corrected chi connectivity index (χ3v) is 2.99. The van der Waals surface area contributed by atoms with Crippen molar-refractivity contribution < 1.29 is 4.74 Å². The average Bonchev–Trinajstić information content (AvgIpc) is 2.34. The van der Waals surface area contributed by atoms with Crippen LogP contribution in [0.15, 0.2) is 24.3 Å². The first-order valence-electron chi connectivity index (χ1n) is 7.11. The smallest absolute Gasteiger partial charge is 0.124 e. The van der Waals surface area contributed by atoms with Gasteiger partial charge in [-0.25, -0.2) is 0 Å². The van der Waals surface area contributed by atoms with Crippen molar-refractivity contribution in [1.29, 1.82) is 0 Å². The number of rotatable bonds is 8. The van der Waals surface area contributed by atoms with E-state index in [0.717, 1.165) is 25.3 Å². The minimum Gasteiger partial charge on any atom is -0.491 e. The highest BCUT2D eigenvalue weighted by atomic mass is 16.5. The van der Waals surface area contributed by atoms with E-state index in [1.807, 2.05) is 12.1 Å². The Bertz CT molecular complexity index is 364. The first-order valence-corrected chi connectivity index (χ1v) is 7.11. The van der Waals surface area contributed by atoms with Gasteiger partial charge in [0, 0.05) is 18.2 Å². The van der Waals surface area contributed by atoms with Crippen molar-refractivity contribution in [3.8, 4) is 5.75 Å². The van der Waals surface area contributed by atoms with Crippen molar-refractivity contribution in [2.45, 2.75) is 45.9 Å². The lowest BCUT2D eigenvalue weighted by Crippen LogP contribution is -2.29. The second kappa shape index (κ2) is 8.18. The largest absolute Gasteiger partial charge is 0.491 e. The number of benzene rings is 1. The Labute approximate surface area is 118 Å². The number of nitrogens with zero attached hydrogens (tertiary/aromatic N) is 1. The lowest BCUT2D eigenvalue weighted by atomic mass is 10.1. The number of nitrogens with one attached hydrogen (secondary N) is 1. The molecule has 0 radical (unpaired) electrons. The van der Waals surface area contributed by atoms with Crippen molar-refractivity contribution in [3.63, 3.8) is 0 Å². The summed E-state index contributed by atoms with van der Waals surface area (Å²) in [7, 11) is 4.22. The Hall–Kier alpha value is -1.06. The van der Waals surface area contributed by atoms with Crippen molar-refractivity contribution in [1.82, 2.24) is 10.2 Å². The van der Waals surface area contributed by atoms with Crippen LogP contribution in [0.3, 0.4) is 0 Å². The number of hydrogen-bond acceptors (Lipinski definition) is 3. The molecule has 0 spiro atoms. The van der Waals surface area contributed by atoms with E-state index < -0.39 is 0 Å². The predicted molar refractivity (Wildman–Crippen MR) is 81.7 cm³/mol. The van der Waals surface area contributed by atoms with Gasteiger partial charge in [-0.3, -0.25) is 0 Å². The van der Waals surface area contributed by atoms with Gasteiger partial charge in [-0.1, -0.05) is 18.2 Å². The topological polar surface area (TPSA) is 24.5 Å². The molecule has 3 heteroatoms. The molecule has 0 heterocycles. The van der Waals surface area contributed by atoms with Gasteiger partial charge in [0.15, 0.2) is 0 Å². The average molecular weight is 264 g/mol. The lowest BCUT2D eigenvalue weighted by molar-refractivity contribution is 0.239. The van der Waals surface area contributed by atoms with Crippen molar-refractivity contribution in [3.05, 3.63) is 29.8 Å². The van der Waals surface area contributed by atoms with E-state index in [0.29, 0.717) is 6.04 Å². The second-order valence-electron chi connectivity index (χ2n) is 5.65. The first kappa shape index (κ1) is 16.0.